The van der Waals surface area contributed by atoms with Crippen LogP contribution in [0.3, 0.4) is 0 Å². The Hall–Kier alpha value is -2.18. The molecule has 1 aliphatic rings. The van der Waals surface area contributed by atoms with Crippen molar-refractivity contribution in [2.75, 3.05) is 20.8 Å². The molecule has 2 aromatic heterocycles. The molecule has 2 heterocycles. The van der Waals surface area contributed by atoms with Gasteiger partial charge < -0.3 is 9.47 Å². The SMILES string of the molecule is COCCn1c(Cc2ccc(OC)cc2)nc2sc3c(c2c1=O)CCC3. The second-order valence-corrected chi connectivity index (χ2v) is 7.62. The van der Waals surface area contributed by atoms with Gasteiger partial charge in [-0.15, -0.1) is 11.3 Å². The van der Waals surface area contributed by atoms with Crippen molar-refractivity contribution in [3.63, 3.8) is 0 Å². The minimum absolute atomic E-state index is 0.0787. The van der Waals surface area contributed by atoms with Crippen molar-refractivity contribution in [2.45, 2.75) is 32.2 Å². The van der Waals surface area contributed by atoms with Gasteiger partial charge in [0.15, 0.2) is 0 Å². The summed E-state index contributed by atoms with van der Waals surface area (Å²) in [5.74, 6) is 1.62. The summed E-state index contributed by atoms with van der Waals surface area (Å²) in [5, 5.41) is 0.831. The molecule has 0 fully saturated rings. The molecular weight excluding hydrogens is 348 g/mol. The summed E-state index contributed by atoms with van der Waals surface area (Å²) < 4.78 is 12.2. The Morgan fingerprint density at radius 2 is 2.00 bits per heavy atom. The first-order chi connectivity index (χ1) is 12.7. The largest absolute Gasteiger partial charge is 0.497 e. The van der Waals surface area contributed by atoms with E-state index in [9.17, 15) is 4.79 Å². The summed E-state index contributed by atoms with van der Waals surface area (Å²) in [6, 6.07) is 7.91. The molecule has 5 nitrogen and oxygen atoms in total. The van der Waals surface area contributed by atoms with E-state index in [4.69, 9.17) is 14.5 Å². The van der Waals surface area contributed by atoms with Crippen LogP contribution in [0.2, 0.25) is 0 Å². The van der Waals surface area contributed by atoms with Gasteiger partial charge in [0.2, 0.25) is 0 Å². The third kappa shape index (κ3) is 3.04. The van der Waals surface area contributed by atoms with E-state index in [1.165, 1.54) is 10.4 Å². The van der Waals surface area contributed by atoms with Crippen LogP contribution < -0.4 is 10.3 Å². The quantitative estimate of drug-likeness (QED) is 0.669. The fourth-order valence-electron chi connectivity index (χ4n) is 3.59. The van der Waals surface area contributed by atoms with Gasteiger partial charge in [0, 0.05) is 18.4 Å². The summed E-state index contributed by atoms with van der Waals surface area (Å²) in [6.07, 6.45) is 3.82. The molecule has 3 aromatic rings. The molecule has 0 unspecified atom stereocenters. The lowest BCUT2D eigenvalue weighted by atomic mass is 10.1. The zero-order chi connectivity index (χ0) is 18.1. The third-order valence-corrected chi connectivity index (χ3v) is 6.13. The molecule has 1 aliphatic carbocycles. The number of aromatic nitrogens is 2. The fraction of sp³-hybridized carbons (Fsp3) is 0.400. The summed E-state index contributed by atoms with van der Waals surface area (Å²) in [7, 11) is 3.31. The summed E-state index contributed by atoms with van der Waals surface area (Å²) >= 11 is 1.69. The molecule has 0 amide bonds. The predicted octanol–water partition coefficient (Wildman–Crippen LogP) is 3.19. The molecule has 0 spiro atoms. The molecule has 6 heteroatoms. The van der Waals surface area contributed by atoms with Gasteiger partial charge in [-0.05, 0) is 42.5 Å². The molecule has 136 valence electrons. The molecular formula is C20H22N2O3S. The monoisotopic (exact) mass is 370 g/mol. The van der Waals surface area contributed by atoms with Crippen molar-refractivity contribution < 1.29 is 9.47 Å². The topological polar surface area (TPSA) is 53.4 Å². The number of thiophene rings is 1. The van der Waals surface area contributed by atoms with Crippen LogP contribution in [-0.2, 0) is 30.5 Å². The van der Waals surface area contributed by atoms with Crippen LogP contribution in [0, 0.1) is 0 Å². The van der Waals surface area contributed by atoms with Gasteiger partial charge in [-0.2, -0.15) is 0 Å². The molecule has 0 N–H and O–H groups in total. The summed E-state index contributed by atoms with van der Waals surface area (Å²) in [6.45, 7) is 1.02. The van der Waals surface area contributed by atoms with Gasteiger partial charge in [0.25, 0.3) is 5.56 Å². The van der Waals surface area contributed by atoms with Crippen LogP contribution in [0.15, 0.2) is 29.1 Å². The number of fused-ring (bicyclic) bond motifs is 3. The molecule has 0 atom stereocenters. The first-order valence-corrected chi connectivity index (χ1v) is 9.68. The van der Waals surface area contributed by atoms with Gasteiger partial charge in [-0.3, -0.25) is 9.36 Å². The molecule has 0 bridgehead atoms. The van der Waals surface area contributed by atoms with E-state index in [1.807, 2.05) is 24.3 Å². The van der Waals surface area contributed by atoms with E-state index in [0.717, 1.165) is 46.6 Å². The van der Waals surface area contributed by atoms with Crippen LogP contribution in [0.1, 0.15) is 28.2 Å². The van der Waals surface area contributed by atoms with Gasteiger partial charge in [-0.1, -0.05) is 12.1 Å². The van der Waals surface area contributed by atoms with Crippen molar-refractivity contribution in [2.24, 2.45) is 0 Å². The second kappa shape index (κ2) is 7.21. The molecule has 0 saturated heterocycles. The van der Waals surface area contributed by atoms with Gasteiger partial charge in [0.1, 0.15) is 16.4 Å². The lowest BCUT2D eigenvalue weighted by Gasteiger charge is -2.13. The van der Waals surface area contributed by atoms with Crippen molar-refractivity contribution >= 4 is 21.6 Å². The second-order valence-electron chi connectivity index (χ2n) is 6.54. The minimum Gasteiger partial charge on any atom is -0.497 e. The standard InChI is InChI=1S/C20H22N2O3S/c1-24-11-10-22-17(12-13-6-8-14(25-2)9-7-13)21-19-18(20(22)23)15-4-3-5-16(15)26-19/h6-9H,3-5,10-12H2,1-2H3. The highest BCUT2D eigenvalue weighted by Gasteiger charge is 2.23. The van der Waals surface area contributed by atoms with E-state index in [1.54, 1.807) is 30.1 Å². The average Bonchev–Trinajstić information content (AvgIpc) is 3.23. The molecule has 1 aromatic carbocycles. The summed E-state index contributed by atoms with van der Waals surface area (Å²) in [5.41, 5.74) is 2.41. The third-order valence-electron chi connectivity index (χ3n) is 4.94. The number of hydrogen-bond donors (Lipinski definition) is 0. The number of benzene rings is 1. The fourth-order valence-corrected chi connectivity index (χ4v) is 4.86. The van der Waals surface area contributed by atoms with Crippen LogP contribution >= 0.6 is 11.3 Å². The van der Waals surface area contributed by atoms with E-state index in [-0.39, 0.29) is 5.56 Å². The summed E-state index contributed by atoms with van der Waals surface area (Å²) in [4.78, 5) is 20.3. The van der Waals surface area contributed by atoms with Crippen molar-refractivity contribution in [3.05, 3.63) is 56.4 Å². The maximum Gasteiger partial charge on any atom is 0.262 e. The number of hydrogen-bond acceptors (Lipinski definition) is 5. The smallest absolute Gasteiger partial charge is 0.262 e. The number of ether oxygens (including phenoxy) is 2. The Kier molecular flexibility index (Phi) is 4.78. The van der Waals surface area contributed by atoms with Gasteiger partial charge >= 0.3 is 0 Å². The highest BCUT2D eigenvalue weighted by molar-refractivity contribution is 7.18. The van der Waals surface area contributed by atoms with Crippen LogP contribution in [0.5, 0.6) is 5.75 Å². The first-order valence-electron chi connectivity index (χ1n) is 8.87. The average molecular weight is 370 g/mol. The highest BCUT2D eigenvalue weighted by Crippen LogP contribution is 2.34. The van der Waals surface area contributed by atoms with Crippen molar-refractivity contribution in [3.8, 4) is 5.75 Å². The van der Waals surface area contributed by atoms with Crippen LogP contribution in [0.25, 0.3) is 10.2 Å². The Balaban J connectivity index is 1.79. The molecule has 0 radical (unpaired) electrons. The van der Waals surface area contributed by atoms with E-state index in [2.05, 4.69) is 0 Å². The molecule has 26 heavy (non-hydrogen) atoms. The Morgan fingerprint density at radius 3 is 2.73 bits per heavy atom. The van der Waals surface area contributed by atoms with E-state index < -0.39 is 0 Å². The lowest BCUT2D eigenvalue weighted by molar-refractivity contribution is 0.185. The molecule has 0 aliphatic heterocycles. The number of rotatable bonds is 6. The van der Waals surface area contributed by atoms with E-state index in [0.29, 0.717) is 19.6 Å². The van der Waals surface area contributed by atoms with Gasteiger partial charge in [0.05, 0.1) is 25.6 Å². The maximum absolute atomic E-state index is 13.2. The zero-order valence-corrected chi connectivity index (χ0v) is 15.9. The lowest BCUT2D eigenvalue weighted by Crippen LogP contribution is -2.27. The highest BCUT2D eigenvalue weighted by atomic mass is 32.1. The Morgan fingerprint density at radius 1 is 1.19 bits per heavy atom. The molecule has 0 saturated carbocycles. The van der Waals surface area contributed by atoms with Gasteiger partial charge in [-0.25, -0.2) is 4.98 Å². The predicted molar refractivity (Wildman–Crippen MR) is 104 cm³/mol. The minimum atomic E-state index is 0.0787. The van der Waals surface area contributed by atoms with Crippen LogP contribution in [0.4, 0.5) is 0 Å². The number of methoxy groups -OCH3 is 2. The molecule has 4 rings (SSSR count). The number of aryl methyl sites for hydroxylation is 2. The van der Waals surface area contributed by atoms with Crippen molar-refractivity contribution in [1.29, 1.82) is 0 Å². The first kappa shape index (κ1) is 17.2. The Bertz CT molecular complexity index is 989. The van der Waals surface area contributed by atoms with E-state index >= 15 is 0 Å². The van der Waals surface area contributed by atoms with Crippen molar-refractivity contribution in [1.82, 2.24) is 9.55 Å². The number of nitrogens with zero attached hydrogens (tertiary/aromatic N) is 2. The normalized spacial score (nSPS) is 13.3. The van der Waals surface area contributed by atoms with Crippen LogP contribution in [-0.4, -0.2) is 30.4 Å². The zero-order valence-electron chi connectivity index (χ0n) is 15.1. The Labute approximate surface area is 156 Å². The maximum atomic E-state index is 13.2.